The summed E-state index contributed by atoms with van der Waals surface area (Å²) < 4.78 is 31.3. The van der Waals surface area contributed by atoms with E-state index in [1.54, 1.807) is 18.2 Å². The summed E-state index contributed by atoms with van der Waals surface area (Å²) in [6, 6.07) is 4.06. The second kappa shape index (κ2) is 4.67. The number of pyridine rings is 1. The standard InChI is InChI=1S/C8H12N2O4S/c1-6(10-15(12,13)14)8(11)7-4-2-3-5-9-7/h2-6,8,10-11H,1H3,(H,12,13,14)/t6-,8-/m1/s1. The summed E-state index contributed by atoms with van der Waals surface area (Å²) >= 11 is 0. The molecule has 1 rings (SSSR count). The lowest BCUT2D eigenvalue weighted by molar-refractivity contribution is 0.140. The van der Waals surface area contributed by atoms with E-state index in [-0.39, 0.29) is 0 Å². The van der Waals surface area contributed by atoms with E-state index < -0.39 is 22.4 Å². The Balaban J connectivity index is 2.73. The third-order valence-corrected chi connectivity index (χ3v) is 2.47. The molecule has 0 bridgehead atoms. The van der Waals surface area contributed by atoms with Crippen LogP contribution < -0.4 is 4.72 Å². The van der Waals surface area contributed by atoms with Crippen LogP contribution in [0.5, 0.6) is 0 Å². The van der Waals surface area contributed by atoms with Crippen molar-refractivity contribution in [2.24, 2.45) is 0 Å². The average molecular weight is 232 g/mol. The Hall–Kier alpha value is -1.02. The second-order valence-corrected chi connectivity index (χ2v) is 4.27. The van der Waals surface area contributed by atoms with Gasteiger partial charge in [-0.05, 0) is 19.1 Å². The smallest absolute Gasteiger partial charge is 0.333 e. The molecule has 15 heavy (non-hydrogen) atoms. The molecule has 2 atom stereocenters. The van der Waals surface area contributed by atoms with Gasteiger partial charge in [0.25, 0.3) is 0 Å². The molecule has 3 N–H and O–H groups in total. The van der Waals surface area contributed by atoms with E-state index in [0.29, 0.717) is 5.69 Å². The fourth-order valence-electron chi connectivity index (χ4n) is 1.11. The number of hydrogen-bond acceptors (Lipinski definition) is 4. The van der Waals surface area contributed by atoms with Crippen molar-refractivity contribution in [1.29, 1.82) is 0 Å². The molecule has 7 heteroatoms. The third kappa shape index (κ3) is 3.92. The average Bonchev–Trinajstić information content (AvgIpc) is 2.15. The van der Waals surface area contributed by atoms with Gasteiger partial charge in [0.1, 0.15) is 6.10 Å². The summed E-state index contributed by atoms with van der Waals surface area (Å²) in [5.74, 6) is 0. The molecule has 1 aromatic rings. The molecular weight excluding hydrogens is 220 g/mol. The molecule has 0 unspecified atom stereocenters. The Morgan fingerprint density at radius 3 is 2.60 bits per heavy atom. The highest BCUT2D eigenvalue weighted by Crippen LogP contribution is 2.13. The van der Waals surface area contributed by atoms with Gasteiger partial charge in [-0.1, -0.05) is 6.07 Å². The van der Waals surface area contributed by atoms with E-state index in [2.05, 4.69) is 4.98 Å². The van der Waals surface area contributed by atoms with Crippen LogP contribution >= 0.6 is 0 Å². The van der Waals surface area contributed by atoms with Crippen LogP contribution in [0.1, 0.15) is 18.7 Å². The largest absolute Gasteiger partial charge is 0.385 e. The van der Waals surface area contributed by atoms with Crippen molar-refractivity contribution in [2.75, 3.05) is 0 Å². The molecule has 0 aliphatic carbocycles. The van der Waals surface area contributed by atoms with Gasteiger partial charge in [-0.2, -0.15) is 13.1 Å². The highest BCUT2D eigenvalue weighted by atomic mass is 32.2. The van der Waals surface area contributed by atoms with Crippen LogP contribution in [0.25, 0.3) is 0 Å². The van der Waals surface area contributed by atoms with Gasteiger partial charge in [0.2, 0.25) is 0 Å². The van der Waals surface area contributed by atoms with E-state index >= 15 is 0 Å². The van der Waals surface area contributed by atoms with Crippen molar-refractivity contribution in [3.05, 3.63) is 30.1 Å². The van der Waals surface area contributed by atoms with Crippen molar-refractivity contribution in [3.63, 3.8) is 0 Å². The van der Waals surface area contributed by atoms with E-state index in [9.17, 15) is 13.5 Å². The van der Waals surface area contributed by atoms with Crippen molar-refractivity contribution < 1.29 is 18.1 Å². The van der Waals surface area contributed by atoms with Crippen molar-refractivity contribution in [3.8, 4) is 0 Å². The lowest BCUT2D eigenvalue weighted by Gasteiger charge is -2.17. The van der Waals surface area contributed by atoms with Gasteiger partial charge in [0, 0.05) is 6.20 Å². The Morgan fingerprint density at radius 2 is 2.13 bits per heavy atom. The molecule has 1 aromatic heterocycles. The normalized spacial score (nSPS) is 15.9. The van der Waals surface area contributed by atoms with Gasteiger partial charge in [-0.25, -0.2) is 0 Å². The number of rotatable bonds is 4. The van der Waals surface area contributed by atoms with Crippen LogP contribution in [-0.4, -0.2) is 29.1 Å². The van der Waals surface area contributed by atoms with Crippen molar-refractivity contribution in [2.45, 2.75) is 19.1 Å². The maximum atomic E-state index is 10.5. The van der Waals surface area contributed by atoms with Gasteiger partial charge in [0.15, 0.2) is 0 Å². The van der Waals surface area contributed by atoms with Crippen molar-refractivity contribution in [1.82, 2.24) is 9.71 Å². The molecule has 84 valence electrons. The Kier molecular flexibility index (Phi) is 3.75. The topological polar surface area (TPSA) is 99.5 Å². The molecule has 1 heterocycles. The molecule has 0 radical (unpaired) electrons. The minimum atomic E-state index is -4.31. The highest BCUT2D eigenvalue weighted by molar-refractivity contribution is 7.83. The summed E-state index contributed by atoms with van der Waals surface area (Å²) in [5.41, 5.74) is 0.334. The highest BCUT2D eigenvalue weighted by Gasteiger charge is 2.21. The first kappa shape index (κ1) is 12.1. The van der Waals surface area contributed by atoms with Crippen LogP contribution in [0, 0.1) is 0 Å². The predicted octanol–water partition coefficient (Wildman–Crippen LogP) is -0.104. The van der Waals surface area contributed by atoms with Crippen molar-refractivity contribution >= 4 is 10.3 Å². The number of nitrogens with one attached hydrogen (secondary N) is 1. The van der Waals surface area contributed by atoms with Gasteiger partial charge in [-0.3, -0.25) is 9.54 Å². The first-order valence-electron chi connectivity index (χ1n) is 4.24. The Morgan fingerprint density at radius 1 is 1.47 bits per heavy atom. The molecule has 0 aliphatic rings. The van der Waals surface area contributed by atoms with E-state index in [1.165, 1.54) is 13.1 Å². The number of aromatic nitrogens is 1. The monoisotopic (exact) mass is 232 g/mol. The van der Waals surface area contributed by atoms with Gasteiger partial charge >= 0.3 is 10.3 Å². The minimum absolute atomic E-state index is 0.334. The summed E-state index contributed by atoms with van der Waals surface area (Å²) in [6.07, 6.45) is 0.381. The summed E-state index contributed by atoms with van der Waals surface area (Å²) in [5, 5.41) is 9.65. The van der Waals surface area contributed by atoms with Gasteiger partial charge < -0.3 is 5.11 Å². The molecule has 0 saturated heterocycles. The Bertz CT molecular complexity index is 406. The maximum Gasteiger partial charge on any atom is 0.333 e. The van der Waals surface area contributed by atoms with Crippen LogP contribution in [0.15, 0.2) is 24.4 Å². The molecule has 0 amide bonds. The molecule has 0 saturated carbocycles. The van der Waals surface area contributed by atoms with Crippen LogP contribution in [0.4, 0.5) is 0 Å². The fraction of sp³-hybridized carbons (Fsp3) is 0.375. The number of nitrogens with zero attached hydrogens (tertiary/aromatic N) is 1. The van der Waals surface area contributed by atoms with Gasteiger partial charge in [0.05, 0.1) is 11.7 Å². The molecule has 6 nitrogen and oxygen atoms in total. The summed E-state index contributed by atoms with van der Waals surface area (Å²) in [4.78, 5) is 3.86. The molecule has 0 fully saturated rings. The quantitative estimate of drug-likeness (QED) is 0.629. The molecular formula is C8H12N2O4S. The fourth-order valence-corrected chi connectivity index (χ4v) is 1.71. The second-order valence-electron chi connectivity index (χ2n) is 3.08. The zero-order chi connectivity index (χ0) is 11.5. The lowest BCUT2D eigenvalue weighted by atomic mass is 10.1. The van der Waals surface area contributed by atoms with E-state index in [4.69, 9.17) is 4.55 Å². The van der Waals surface area contributed by atoms with E-state index in [0.717, 1.165) is 0 Å². The first-order chi connectivity index (χ1) is 6.90. The number of aliphatic hydroxyl groups is 1. The zero-order valence-corrected chi connectivity index (χ0v) is 8.85. The summed E-state index contributed by atoms with van der Waals surface area (Å²) in [6.45, 7) is 1.42. The SMILES string of the molecule is C[C@@H](NS(=O)(=O)O)[C@@H](O)c1ccccn1. The maximum absolute atomic E-state index is 10.5. The third-order valence-electron chi connectivity index (χ3n) is 1.80. The molecule has 0 spiro atoms. The van der Waals surface area contributed by atoms with E-state index in [1.807, 2.05) is 4.72 Å². The molecule has 0 aromatic carbocycles. The number of hydrogen-bond donors (Lipinski definition) is 3. The number of aliphatic hydroxyl groups excluding tert-OH is 1. The minimum Gasteiger partial charge on any atom is -0.385 e. The van der Waals surface area contributed by atoms with Crippen LogP contribution in [-0.2, 0) is 10.3 Å². The first-order valence-corrected chi connectivity index (χ1v) is 5.68. The lowest BCUT2D eigenvalue weighted by Crippen LogP contribution is -2.36. The Labute approximate surface area is 87.9 Å². The zero-order valence-electron chi connectivity index (χ0n) is 8.03. The van der Waals surface area contributed by atoms with Crippen LogP contribution in [0.2, 0.25) is 0 Å². The summed E-state index contributed by atoms with van der Waals surface area (Å²) in [7, 11) is -4.31. The predicted molar refractivity (Wildman–Crippen MR) is 53.3 cm³/mol. The van der Waals surface area contributed by atoms with Crippen LogP contribution in [0.3, 0.4) is 0 Å². The van der Waals surface area contributed by atoms with Gasteiger partial charge in [-0.15, -0.1) is 0 Å². The molecule has 0 aliphatic heterocycles.